The van der Waals surface area contributed by atoms with Gasteiger partial charge in [0.25, 0.3) is 0 Å². The number of hydrogen-bond acceptors (Lipinski definition) is 2. The number of aryl methyl sites for hydroxylation is 1. The van der Waals surface area contributed by atoms with Crippen LogP contribution in [0, 0.1) is 11.7 Å². The zero-order chi connectivity index (χ0) is 10.1. The van der Waals surface area contributed by atoms with Gasteiger partial charge in [0.2, 0.25) is 0 Å². The molecule has 78 valence electrons. The Bertz CT molecular complexity index is 366. The van der Waals surface area contributed by atoms with E-state index in [9.17, 15) is 0 Å². The Morgan fingerprint density at radius 2 is 2.36 bits per heavy atom. The summed E-state index contributed by atoms with van der Waals surface area (Å²) < 4.78 is 3.17. The van der Waals surface area contributed by atoms with Crippen LogP contribution in [0.4, 0.5) is 0 Å². The Hall–Kier alpha value is -0.220. The van der Waals surface area contributed by atoms with Crippen LogP contribution in [0.1, 0.15) is 31.0 Å². The molecule has 1 heterocycles. The van der Waals surface area contributed by atoms with Gasteiger partial charge in [0, 0.05) is 23.2 Å². The number of nitrogens with one attached hydrogen (secondary N) is 1. The molecule has 0 radical (unpaired) electrons. The molecule has 0 amide bonds. The van der Waals surface area contributed by atoms with Crippen LogP contribution in [0.2, 0.25) is 0 Å². The van der Waals surface area contributed by atoms with Crippen molar-refractivity contribution < 1.29 is 0 Å². The molecule has 2 nitrogen and oxygen atoms in total. The summed E-state index contributed by atoms with van der Waals surface area (Å²) >= 11 is 7.27. The van der Waals surface area contributed by atoms with Crippen LogP contribution in [0.5, 0.6) is 0 Å². The standard InChI is InChI=1S/C10H16N2S2/c1-7-6-11-10(13)12(7)8-3-4-9(5-8)14-2/h6,8-9H,3-5H2,1-2H3,(H,11,13). The second kappa shape index (κ2) is 4.11. The van der Waals surface area contributed by atoms with Crippen molar-refractivity contribution >= 4 is 24.0 Å². The van der Waals surface area contributed by atoms with Crippen molar-refractivity contribution in [2.75, 3.05) is 6.26 Å². The van der Waals surface area contributed by atoms with Gasteiger partial charge in [-0.2, -0.15) is 11.8 Å². The van der Waals surface area contributed by atoms with E-state index < -0.39 is 0 Å². The predicted octanol–water partition coefficient (Wildman–Crippen LogP) is 3.31. The molecule has 1 aliphatic rings. The molecule has 2 rings (SSSR count). The quantitative estimate of drug-likeness (QED) is 0.784. The first-order valence-corrected chi connectivity index (χ1v) is 6.71. The lowest BCUT2D eigenvalue weighted by molar-refractivity contribution is 0.503. The second-order valence-electron chi connectivity index (χ2n) is 3.93. The number of aromatic amines is 1. The largest absolute Gasteiger partial charge is 0.337 e. The minimum atomic E-state index is 0.631. The van der Waals surface area contributed by atoms with Crippen LogP contribution in [0.15, 0.2) is 6.20 Å². The van der Waals surface area contributed by atoms with Gasteiger partial charge in [-0.15, -0.1) is 0 Å². The van der Waals surface area contributed by atoms with Crippen LogP contribution >= 0.6 is 24.0 Å². The lowest BCUT2D eigenvalue weighted by atomic mass is 10.2. The van der Waals surface area contributed by atoms with Crippen LogP contribution in [0.3, 0.4) is 0 Å². The molecule has 1 fully saturated rings. The first-order valence-electron chi connectivity index (χ1n) is 5.01. The van der Waals surface area contributed by atoms with Crippen molar-refractivity contribution in [3.05, 3.63) is 16.7 Å². The van der Waals surface area contributed by atoms with Crippen molar-refractivity contribution in [2.24, 2.45) is 0 Å². The lowest BCUT2D eigenvalue weighted by Crippen LogP contribution is -2.07. The third kappa shape index (κ3) is 1.77. The van der Waals surface area contributed by atoms with E-state index in [0.717, 1.165) is 10.0 Å². The number of hydrogen-bond donors (Lipinski definition) is 1. The van der Waals surface area contributed by atoms with E-state index in [1.54, 1.807) is 0 Å². The molecule has 1 saturated carbocycles. The van der Waals surface area contributed by atoms with E-state index in [2.05, 4.69) is 22.7 Å². The number of imidazole rings is 1. The third-order valence-electron chi connectivity index (χ3n) is 3.06. The molecule has 0 spiro atoms. The van der Waals surface area contributed by atoms with E-state index >= 15 is 0 Å². The summed E-state index contributed by atoms with van der Waals surface area (Å²) in [6.07, 6.45) is 8.09. The molecule has 0 bridgehead atoms. The monoisotopic (exact) mass is 228 g/mol. The van der Waals surface area contributed by atoms with E-state index in [4.69, 9.17) is 12.2 Å². The Morgan fingerprint density at radius 1 is 1.57 bits per heavy atom. The smallest absolute Gasteiger partial charge is 0.177 e. The lowest BCUT2D eigenvalue weighted by Gasteiger charge is -2.13. The first-order chi connectivity index (χ1) is 6.72. The van der Waals surface area contributed by atoms with Crippen molar-refractivity contribution in [1.29, 1.82) is 0 Å². The van der Waals surface area contributed by atoms with Gasteiger partial charge in [-0.1, -0.05) is 0 Å². The summed E-state index contributed by atoms with van der Waals surface area (Å²) in [5.74, 6) is 0. The maximum atomic E-state index is 5.28. The van der Waals surface area contributed by atoms with Gasteiger partial charge in [0.15, 0.2) is 4.77 Å². The first kappa shape index (κ1) is 10.3. The number of aromatic nitrogens is 2. The van der Waals surface area contributed by atoms with Crippen LogP contribution in [0.25, 0.3) is 0 Å². The van der Waals surface area contributed by atoms with Crippen LogP contribution in [-0.2, 0) is 0 Å². The highest BCUT2D eigenvalue weighted by molar-refractivity contribution is 7.99. The van der Waals surface area contributed by atoms with Gasteiger partial charge in [0.1, 0.15) is 0 Å². The van der Waals surface area contributed by atoms with Gasteiger partial charge in [-0.3, -0.25) is 0 Å². The highest BCUT2D eigenvalue weighted by Crippen LogP contribution is 2.36. The van der Waals surface area contributed by atoms with Gasteiger partial charge >= 0.3 is 0 Å². The molecule has 1 aromatic heterocycles. The van der Waals surface area contributed by atoms with Gasteiger partial charge in [-0.05, 0) is 44.7 Å². The Labute approximate surface area is 94.1 Å². The number of H-pyrrole nitrogens is 1. The SMILES string of the molecule is CSC1CCC(n2c(C)c[nH]c2=S)C1. The fraction of sp³-hybridized carbons (Fsp3) is 0.700. The molecule has 4 heteroatoms. The molecule has 2 unspecified atom stereocenters. The summed E-state index contributed by atoms with van der Waals surface area (Å²) in [7, 11) is 0. The fourth-order valence-electron chi connectivity index (χ4n) is 2.29. The molecule has 0 saturated heterocycles. The Morgan fingerprint density at radius 3 is 2.86 bits per heavy atom. The molecule has 0 aliphatic heterocycles. The molecule has 1 aliphatic carbocycles. The summed E-state index contributed by atoms with van der Waals surface area (Å²) in [5.41, 5.74) is 1.27. The highest BCUT2D eigenvalue weighted by atomic mass is 32.2. The molecular weight excluding hydrogens is 212 g/mol. The Balaban J connectivity index is 2.21. The predicted molar refractivity (Wildman–Crippen MR) is 64.5 cm³/mol. The minimum Gasteiger partial charge on any atom is -0.337 e. The molecule has 0 aromatic carbocycles. The summed E-state index contributed by atoms with van der Waals surface area (Å²) in [5, 5.41) is 0.830. The van der Waals surface area contributed by atoms with Crippen LogP contribution in [-0.4, -0.2) is 21.1 Å². The van der Waals surface area contributed by atoms with Gasteiger partial charge < -0.3 is 9.55 Å². The molecule has 2 atom stereocenters. The zero-order valence-corrected chi connectivity index (χ0v) is 10.3. The average Bonchev–Trinajstić information content (AvgIpc) is 2.73. The van der Waals surface area contributed by atoms with Crippen molar-refractivity contribution in [1.82, 2.24) is 9.55 Å². The minimum absolute atomic E-state index is 0.631. The normalized spacial score (nSPS) is 27.0. The van der Waals surface area contributed by atoms with E-state index in [-0.39, 0.29) is 0 Å². The Kier molecular flexibility index (Phi) is 3.02. The highest BCUT2D eigenvalue weighted by Gasteiger charge is 2.26. The zero-order valence-electron chi connectivity index (χ0n) is 8.62. The summed E-state index contributed by atoms with van der Waals surface area (Å²) in [6.45, 7) is 2.12. The molecule has 14 heavy (non-hydrogen) atoms. The van der Waals surface area contributed by atoms with E-state index in [1.165, 1.54) is 25.0 Å². The van der Waals surface area contributed by atoms with E-state index in [1.807, 2.05) is 18.0 Å². The van der Waals surface area contributed by atoms with Crippen molar-refractivity contribution in [3.8, 4) is 0 Å². The van der Waals surface area contributed by atoms with E-state index in [0.29, 0.717) is 6.04 Å². The van der Waals surface area contributed by atoms with Crippen molar-refractivity contribution in [2.45, 2.75) is 37.5 Å². The second-order valence-corrected chi connectivity index (χ2v) is 5.45. The topological polar surface area (TPSA) is 20.7 Å². The van der Waals surface area contributed by atoms with Gasteiger partial charge in [-0.25, -0.2) is 0 Å². The molecule has 1 aromatic rings. The average molecular weight is 228 g/mol. The maximum absolute atomic E-state index is 5.28. The van der Waals surface area contributed by atoms with Crippen LogP contribution < -0.4 is 0 Å². The fourth-order valence-corrected chi connectivity index (χ4v) is 3.42. The molecular formula is C10H16N2S2. The summed E-state index contributed by atoms with van der Waals surface area (Å²) in [4.78, 5) is 3.12. The maximum Gasteiger partial charge on any atom is 0.177 e. The molecule has 1 N–H and O–H groups in total. The number of nitrogens with zero attached hydrogens (tertiary/aromatic N) is 1. The number of rotatable bonds is 2. The number of thioether (sulfide) groups is 1. The summed E-state index contributed by atoms with van der Waals surface area (Å²) in [6, 6.07) is 0.631. The third-order valence-corrected chi connectivity index (χ3v) is 4.47. The van der Waals surface area contributed by atoms with Gasteiger partial charge in [0.05, 0.1) is 0 Å². The van der Waals surface area contributed by atoms with Crippen molar-refractivity contribution in [3.63, 3.8) is 0 Å².